The summed E-state index contributed by atoms with van der Waals surface area (Å²) >= 11 is 6.07. The molecule has 0 saturated heterocycles. The predicted octanol–water partition coefficient (Wildman–Crippen LogP) is 3.94. The zero-order chi connectivity index (χ0) is 13.5. The molecule has 0 saturated carbocycles. The van der Waals surface area contributed by atoms with E-state index in [9.17, 15) is 8.42 Å². The summed E-state index contributed by atoms with van der Waals surface area (Å²) in [6.07, 6.45) is 0. The zero-order valence-electron chi connectivity index (χ0n) is 9.81. The molecule has 0 unspecified atom stereocenters. The molecule has 18 heavy (non-hydrogen) atoms. The molecule has 0 aliphatic heterocycles. The molecule has 0 atom stereocenters. The number of rotatable bonds is 2. The Hall–Kier alpha value is -0.840. The molecule has 6 heteroatoms. The van der Waals surface area contributed by atoms with Gasteiger partial charge in [-0.15, -0.1) is 0 Å². The molecule has 1 aromatic carbocycles. The maximum absolute atomic E-state index is 11.3. The summed E-state index contributed by atoms with van der Waals surface area (Å²) in [5.74, 6) is 0.214. The van der Waals surface area contributed by atoms with Gasteiger partial charge in [0.25, 0.3) is 9.05 Å². The van der Waals surface area contributed by atoms with Crippen LogP contribution in [0.2, 0.25) is 5.15 Å². The van der Waals surface area contributed by atoms with Crippen molar-refractivity contribution in [2.75, 3.05) is 0 Å². The Morgan fingerprint density at radius 1 is 1.22 bits per heavy atom. The molecule has 0 N–H and O–H groups in total. The first-order valence-corrected chi connectivity index (χ1v) is 8.02. The number of benzene rings is 1. The largest absolute Gasteiger partial charge is 0.261 e. The van der Waals surface area contributed by atoms with Crippen LogP contribution in [0.5, 0.6) is 0 Å². The standard InChI is InChI=1S/C12H11Cl2NO2S/c1-7(2)10-6-8-5-9(18(14,16)17)3-4-11(8)15-12(10)13/h3-7H,1-2H3. The van der Waals surface area contributed by atoms with Crippen LogP contribution in [0.1, 0.15) is 25.3 Å². The molecular weight excluding hydrogens is 293 g/mol. The molecule has 0 bridgehead atoms. The maximum atomic E-state index is 11.3. The predicted molar refractivity (Wildman–Crippen MR) is 73.9 cm³/mol. The van der Waals surface area contributed by atoms with Crippen LogP contribution < -0.4 is 0 Å². The van der Waals surface area contributed by atoms with Gasteiger partial charge in [-0.2, -0.15) is 0 Å². The minimum absolute atomic E-state index is 0.0653. The molecule has 0 fully saturated rings. The lowest BCUT2D eigenvalue weighted by atomic mass is 10.0. The fraction of sp³-hybridized carbons (Fsp3) is 0.250. The van der Waals surface area contributed by atoms with Gasteiger partial charge in [-0.25, -0.2) is 13.4 Å². The number of halogens is 2. The summed E-state index contributed by atoms with van der Waals surface area (Å²) in [5.41, 5.74) is 1.53. The first-order chi connectivity index (χ1) is 8.29. The van der Waals surface area contributed by atoms with Gasteiger partial charge in [0.2, 0.25) is 0 Å². The fourth-order valence-electron chi connectivity index (χ4n) is 1.70. The molecule has 2 rings (SSSR count). The highest BCUT2D eigenvalue weighted by Gasteiger charge is 2.13. The molecule has 0 amide bonds. The first kappa shape index (κ1) is 13.6. The normalized spacial score (nSPS) is 12.3. The Morgan fingerprint density at radius 2 is 1.89 bits per heavy atom. The lowest BCUT2D eigenvalue weighted by Crippen LogP contribution is -1.95. The quantitative estimate of drug-likeness (QED) is 0.623. The Bertz CT molecular complexity index is 711. The van der Waals surface area contributed by atoms with Crippen LogP contribution in [0, 0.1) is 0 Å². The summed E-state index contributed by atoms with van der Waals surface area (Å²) in [5, 5.41) is 1.16. The van der Waals surface area contributed by atoms with E-state index in [2.05, 4.69) is 4.98 Å². The molecular formula is C12H11Cl2NO2S. The Kier molecular flexibility index (Phi) is 3.54. The minimum atomic E-state index is -3.73. The van der Waals surface area contributed by atoms with Crippen LogP contribution >= 0.6 is 22.3 Å². The van der Waals surface area contributed by atoms with E-state index in [0.717, 1.165) is 5.56 Å². The van der Waals surface area contributed by atoms with Crippen molar-refractivity contribution in [2.45, 2.75) is 24.7 Å². The maximum Gasteiger partial charge on any atom is 0.261 e. The Morgan fingerprint density at radius 3 is 2.44 bits per heavy atom. The van der Waals surface area contributed by atoms with Gasteiger partial charge in [-0.1, -0.05) is 25.4 Å². The molecule has 0 radical (unpaired) electrons. The van der Waals surface area contributed by atoms with Gasteiger partial charge >= 0.3 is 0 Å². The lowest BCUT2D eigenvalue weighted by Gasteiger charge is -2.09. The highest BCUT2D eigenvalue weighted by molar-refractivity contribution is 8.13. The van der Waals surface area contributed by atoms with Crippen LogP contribution in [0.3, 0.4) is 0 Å². The summed E-state index contributed by atoms with van der Waals surface area (Å²) < 4.78 is 22.6. The van der Waals surface area contributed by atoms with E-state index < -0.39 is 9.05 Å². The van der Waals surface area contributed by atoms with Crippen molar-refractivity contribution in [1.29, 1.82) is 0 Å². The van der Waals surface area contributed by atoms with E-state index in [-0.39, 0.29) is 10.8 Å². The zero-order valence-corrected chi connectivity index (χ0v) is 12.1. The molecule has 1 aromatic heterocycles. The monoisotopic (exact) mass is 303 g/mol. The molecule has 0 aliphatic carbocycles. The van der Waals surface area contributed by atoms with Gasteiger partial charge in [-0.05, 0) is 35.7 Å². The Labute approximate surface area is 115 Å². The molecule has 0 aliphatic rings. The molecule has 1 heterocycles. The van der Waals surface area contributed by atoms with Gasteiger partial charge in [0.1, 0.15) is 5.15 Å². The first-order valence-electron chi connectivity index (χ1n) is 5.34. The van der Waals surface area contributed by atoms with Gasteiger partial charge < -0.3 is 0 Å². The minimum Gasteiger partial charge on any atom is -0.236 e. The average Bonchev–Trinajstić information content (AvgIpc) is 2.25. The lowest BCUT2D eigenvalue weighted by molar-refractivity contribution is 0.609. The molecule has 2 aromatic rings. The van der Waals surface area contributed by atoms with E-state index in [1.54, 1.807) is 6.07 Å². The third-order valence-corrected chi connectivity index (χ3v) is 4.32. The van der Waals surface area contributed by atoms with Crippen molar-refractivity contribution in [1.82, 2.24) is 4.98 Å². The van der Waals surface area contributed by atoms with Crippen LogP contribution in [0.4, 0.5) is 0 Å². The van der Waals surface area contributed by atoms with Crippen LogP contribution in [0.15, 0.2) is 29.2 Å². The highest BCUT2D eigenvalue weighted by atomic mass is 35.7. The molecule has 3 nitrogen and oxygen atoms in total. The highest BCUT2D eigenvalue weighted by Crippen LogP contribution is 2.28. The topological polar surface area (TPSA) is 47.0 Å². The third kappa shape index (κ3) is 2.60. The van der Waals surface area contributed by atoms with Crippen molar-refractivity contribution in [2.24, 2.45) is 0 Å². The number of fused-ring (bicyclic) bond motifs is 1. The van der Waals surface area contributed by atoms with Crippen LogP contribution in [-0.2, 0) is 9.05 Å². The number of pyridine rings is 1. The van der Waals surface area contributed by atoms with Gasteiger partial charge in [0.15, 0.2) is 0 Å². The summed E-state index contributed by atoms with van der Waals surface area (Å²) in [4.78, 5) is 4.31. The summed E-state index contributed by atoms with van der Waals surface area (Å²) in [6, 6.07) is 6.37. The van der Waals surface area contributed by atoms with E-state index in [4.69, 9.17) is 22.3 Å². The number of hydrogen-bond acceptors (Lipinski definition) is 3. The Balaban J connectivity index is 2.73. The van der Waals surface area contributed by atoms with Gasteiger partial charge in [-0.3, -0.25) is 0 Å². The van der Waals surface area contributed by atoms with Crippen LogP contribution in [0.25, 0.3) is 10.9 Å². The average molecular weight is 304 g/mol. The van der Waals surface area contributed by atoms with Gasteiger partial charge in [0.05, 0.1) is 10.4 Å². The van der Waals surface area contributed by atoms with E-state index in [1.807, 2.05) is 19.9 Å². The van der Waals surface area contributed by atoms with Gasteiger partial charge in [0, 0.05) is 16.1 Å². The summed E-state index contributed by atoms with van der Waals surface area (Å²) in [6.45, 7) is 3.99. The van der Waals surface area contributed by atoms with Crippen molar-refractivity contribution >= 4 is 42.2 Å². The van der Waals surface area contributed by atoms with Crippen molar-refractivity contribution < 1.29 is 8.42 Å². The fourth-order valence-corrected chi connectivity index (χ4v) is 2.85. The van der Waals surface area contributed by atoms with Crippen molar-refractivity contribution in [3.8, 4) is 0 Å². The van der Waals surface area contributed by atoms with Crippen molar-refractivity contribution in [3.63, 3.8) is 0 Å². The molecule has 96 valence electrons. The second kappa shape index (κ2) is 4.68. The smallest absolute Gasteiger partial charge is 0.236 e. The second-order valence-corrected chi connectivity index (χ2v) is 7.24. The number of aromatic nitrogens is 1. The van der Waals surface area contributed by atoms with E-state index in [0.29, 0.717) is 16.1 Å². The van der Waals surface area contributed by atoms with E-state index >= 15 is 0 Å². The number of hydrogen-bond donors (Lipinski definition) is 0. The second-order valence-electron chi connectivity index (χ2n) is 4.32. The third-order valence-electron chi connectivity index (χ3n) is 2.67. The molecule has 0 spiro atoms. The SMILES string of the molecule is CC(C)c1cc2cc(S(=O)(=O)Cl)ccc2nc1Cl. The van der Waals surface area contributed by atoms with Crippen molar-refractivity contribution in [3.05, 3.63) is 35.0 Å². The number of nitrogens with zero attached hydrogens (tertiary/aromatic N) is 1. The van der Waals surface area contributed by atoms with Crippen LogP contribution in [-0.4, -0.2) is 13.4 Å². The summed E-state index contributed by atoms with van der Waals surface area (Å²) in [7, 11) is 1.59. The van der Waals surface area contributed by atoms with E-state index in [1.165, 1.54) is 12.1 Å².